The second-order valence-corrected chi connectivity index (χ2v) is 7.55. The summed E-state index contributed by atoms with van der Waals surface area (Å²) in [6.45, 7) is 8.32. The van der Waals surface area contributed by atoms with Crippen LogP contribution in [0.25, 0.3) is 0 Å². The van der Waals surface area contributed by atoms with Crippen molar-refractivity contribution in [2.75, 3.05) is 37.7 Å². The van der Waals surface area contributed by atoms with Crippen molar-refractivity contribution in [3.8, 4) is 0 Å². The lowest BCUT2D eigenvalue weighted by atomic mass is 9.91. The summed E-state index contributed by atoms with van der Waals surface area (Å²) in [5.41, 5.74) is 1.33. The van der Waals surface area contributed by atoms with Crippen molar-refractivity contribution in [3.63, 3.8) is 0 Å². The molecule has 2 atom stereocenters. The second kappa shape index (κ2) is 7.34. The van der Waals surface area contributed by atoms with Gasteiger partial charge in [0.2, 0.25) is 0 Å². The Morgan fingerprint density at radius 1 is 1.35 bits per heavy atom. The van der Waals surface area contributed by atoms with E-state index in [-0.39, 0.29) is 5.54 Å². The zero-order valence-corrected chi connectivity index (χ0v) is 13.4. The standard InChI is InChI=1S/C16H26N2OS/c1-3-20(19)13-12-18-11-7-10-17-16(2,14-18)15-8-5-4-6-9-15/h4-6,8-9,17H,3,7,10-14H2,1-2H3. The van der Waals surface area contributed by atoms with Crippen LogP contribution in [-0.4, -0.2) is 46.8 Å². The maximum atomic E-state index is 11.6. The fourth-order valence-electron chi connectivity index (χ4n) is 2.81. The van der Waals surface area contributed by atoms with Crippen molar-refractivity contribution in [1.29, 1.82) is 0 Å². The van der Waals surface area contributed by atoms with Gasteiger partial charge in [0.15, 0.2) is 0 Å². The summed E-state index contributed by atoms with van der Waals surface area (Å²) in [7, 11) is -0.666. The second-order valence-electron chi connectivity index (χ2n) is 5.69. The predicted molar refractivity (Wildman–Crippen MR) is 86.4 cm³/mol. The molecule has 3 nitrogen and oxygen atoms in total. The molecule has 0 aliphatic carbocycles. The van der Waals surface area contributed by atoms with E-state index in [9.17, 15) is 4.21 Å². The molecular formula is C16H26N2OS. The SMILES string of the molecule is CCS(=O)CCN1CCCNC(C)(c2ccccc2)C1. The van der Waals surface area contributed by atoms with Crippen molar-refractivity contribution in [2.24, 2.45) is 0 Å². The molecule has 0 spiro atoms. The summed E-state index contributed by atoms with van der Waals surface area (Å²) < 4.78 is 11.6. The van der Waals surface area contributed by atoms with Crippen LogP contribution in [0.4, 0.5) is 0 Å². The summed E-state index contributed by atoms with van der Waals surface area (Å²) >= 11 is 0. The van der Waals surface area contributed by atoms with E-state index in [0.717, 1.165) is 44.1 Å². The van der Waals surface area contributed by atoms with E-state index in [1.54, 1.807) is 0 Å². The highest BCUT2D eigenvalue weighted by Crippen LogP contribution is 2.23. The smallest absolute Gasteiger partial charge is 0.0534 e. The average molecular weight is 294 g/mol. The Bertz CT molecular complexity index is 437. The van der Waals surface area contributed by atoms with Crippen LogP contribution in [0, 0.1) is 0 Å². The van der Waals surface area contributed by atoms with Crippen LogP contribution in [0.15, 0.2) is 30.3 Å². The first-order valence-electron chi connectivity index (χ1n) is 7.52. The Labute approximate surface area is 125 Å². The molecule has 112 valence electrons. The average Bonchev–Trinajstić information content (AvgIpc) is 2.68. The lowest BCUT2D eigenvalue weighted by Gasteiger charge is -2.34. The van der Waals surface area contributed by atoms with Gasteiger partial charge in [0, 0.05) is 35.4 Å². The minimum atomic E-state index is -0.666. The molecule has 2 rings (SSSR count). The largest absolute Gasteiger partial charge is 0.307 e. The van der Waals surface area contributed by atoms with Crippen molar-refractivity contribution >= 4 is 10.8 Å². The van der Waals surface area contributed by atoms with E-state index in [0.29, 0.717) is 0 Å². The molecular weight excluding hydrogens is 268 g/mol. The quantitative estimate of drug-likeness (QED) is 0.901. The number of benzene rings is 1. The molecule has 1 N–H and O–H groups in total. The highest BCUT2D eigenvalue weighted by atomic mass is 32.2. The molecule has 20 heavy (non-hydrogen) atoms. The van der Waals surface area contributed by atoms with Gasteiger partial charge in [-0.05, 0) is 32.0 Å². The molecule has 1 aliphatic heterocycles. The first-order valence-corrected chi connectivity index (χ1v) is 9.01. The molecule has 1 heterocycles. The third kappa shape index (κ3) is 4.14. The van der Waals surface area contributed by atoms with Crippen LogP contribution in [0.5, 0.6) is 0 Å². The van der Waals surface area contributed by atoms with Crippen molar-refractivity contribution in [2.45, 2.75) is 25.8 Å². The molecule has 1 aromatic carbocycles. The molecule has 0 aromatic heterocycles. The Morgan fingerprint density at radius 3 is 2.80 bits per heavy atom. The third-order valence-electron chi connectivity index (χ3n) is 4.07. The minimum Gasteiger partial charge on any atom is -0.307 e. The van der Waals surface area contributed by atoms with Gasteiger partial charge < -0.3 is 10.2 Å². The summed E-state index contributed by atoms with van der Waals surface area (Å²) in [5, 5.41) is 3.69. The van der Waals surface area contributed by atoms with Crippen LogP contribution < -0.4 is 5.32 Å². The molecule has 4 heteroatoms. The zero-order valence-electron chi connectivity index (χ0n) is 12.6. The van der Waals surface area contributed by atoms with E-state index in [4.69, 9.17) is 0 Å². The first-order chi connectivity index (χ1) is 9.64. The summed E-state index contributed by atoms with van der Waals surface area (Å²) in [6, 6.07) is 10.7. The number of rotatable bonds is 5. The van der Waals surface area contributed by atoms with Gasteiger partial charge in [0.05, 0.1) is 5.54 Å². The predicted octanol–water partition coefficient (Wildman–Crippen LogP) is 1.97. The van der Waals surface area contributed by atoms with Gasteiger partial charge in [-0.1, -0.05) is 37.3 Å². The van der Waals surface area contributed by atoms with Crippen molar-refractivity contribution < 1.29 is 4.21 Å². The van der Waals surface area contributed by atoms with Gasteiger partial charge in [-0.3, -0.25) is 4.21 Å². The van der Waals surface area contributed by atoms with Crippen LogP contribution in [0.1, 0.15) is 25.8 Å². The summed E-state index contributed by atoms with van der Waals surface area (Å²) in [4.78, 5) is 2.46. The van der Waals surface area contributed by atoms with Crippen LogP contribution in [0.3, 0.4) is 0 Å². The molecule has 0 radical (unpaired) electrons. The van der Waals surface area contributed by atoms with E-state index < -0.39 is 10.8 Å². The Balaban J connectivity index is 2.04. The Hall–Kier alpha value is -0.710. The maximum absolute atomic E-state index is 11.6. The first kappa shape index (κ1) is 15.7. The van der Waals surface area contributed by atoms with Crippen LogP contribution in [-0.2, 0) is 16.3 Å². The number of nitrogens with zero attached hydrogens (tertiary/aromatic N) is 1. The van der Waals surface area contributed by atoms with Crippen molar-refractivity contribution in [1.82, 2.24) is 10.2 Å². The molecule has 2 unspecified atom stereocenters. The molecule has 0 amide bonds. The Kier molecular flexibility index (Phi) is 5.75. The van der Waals surface area contributed by atoms with Crippen molar-refractivity contribution in [3.05, 3.63) is 35.9 Å². The highest BCUT2D eigenvalue weighted by molar-refractivity contribution is 7.84. The molecule has 0 saturated carbocycles. The lowest BCUT2D eigenvalue weighted by molar-refractivity contribution is 0.231. The monoisotopic (exact) mass is 294 g/mol. The van der Waals surface area contributed by atoms with Gasteiger partial charge in [0.25, 0.3) is 0 Å². The van der Waals surface area contributed by atoms with Crippen LogP contribution >= 0.6 is 0 Å². The van der Waals surface area contributed by atoms with E-state index in [1.165, 1.54) is 5.56 Å². The molecule has 1 fully saturated rings. The molecule has 1 aliphatic rings. The zero-order chi connectivity index (χ0) is 14.4. The lowest BCUT2D eigenvalue weighted by Crippen LogP contribution is -2.47. The summed E-state index contributed by atoms with van der Waals surface area (Å²) in [5.74, 6) is 1.56. The molecule has 1 saturated heterocycles. The highest BCUT2D eigenvalue weighted by Gasteiger charge is 2.30. The number of nitrogens with one attached hydrogen (secondary N) is 1. The molecule has 0 bridgehead atoms. The number of hydrogen-bond donors (Lipinski definition) is 1. The third-order valence-corrected chi connectivity index (χ3v) is 5.36. The van der Waals surface area contributed by atoms with Gasteiger partial charge >= 0.3 is 0 Å². The van der Waals surface area contributed by atoms with Gasteiger partial charge in [0.1, 0.15) is 0 Å². The number of hydrogen-bond acceptors (Lipinski definition) is 3. The van der Waals surface area contributed by atoms with Gasteiger partial charge in [-0.25, -0.2) is 0 Å². The maximum Gasteiger partial charge on any atom is 0.0534 e. The van der Waals surface area contributed by atoms with E-state index >= 15 is 0 Å². The Morgan fingerprint density at radius 2 is 2.10 bits per heavy atom. The normalized spacial score (nSPS) is 26.1. The fraction of sp³-hybridized carbons (Fsp3) is 0.625. The fourth-order valence-corrected chi connectivity index (χ4v) is 3.57. The van der Waals surface area contributed by atoms with Gasteiger partial charge in [-0.2, -0.15) is 0 Å². The molecule has 1 aromatic rings. The van der Waals surface area contributed by atoms with Crippen LogP contribution in [0.2, 0.25) is 0 Å². The van der Waals surface area contributed by atoms with Gasteiger partial charge in [-0.15, -0.1) is 0 Å². The summed E-state index contributed by atoms with van der Waals surface area (Å²) in [6.07, 6.45) is 1.15. The van der Waals surface area contributed by atoms with E-state index in [1.807, 2.05) is 6.92 Å². The minimum absolute atomic E-state index is 0.00847. The topological polar surface area (TPSA) is 32.3 Å². The van der Waals surface area contributed by atoms with E-state index in [2.05, 4.69) is 47.5 Å².